The summed E-state index contributed by atoms with van der Waals surface area (Å²) in [6.07, 6.45) is 1.52. The van der Waals surface area contributed by atoms with Crippen LogP contribution in [0.2, 0.25) is 0 Å². The number of halogens is 1. The van der Waals surface area contributed by atoms with Crippen LogP contribution in [-0.4, -0.2) is 15.9 Å². The van der Waals surface area contributed by atoms with E-state index >= 15 is 0 Å². The number of hydrogen-bond acceptors (Lipinski definition) is 3. The molecule has 4 nitrogen and oxygen atoms in total. The van der Waals surface area contributed by atoms with Crippen LogP contribution in [0.3, 0.4) is 0 Å². The summed E-state index contributed by atoms with van der Waals surface area (Å²) in [4.78, 5) is 20.6. The largest absolute Gasteiger partial charge is 0.346 e. The number of nitrogens with one attached hydrogen (secondary N) is 1. The zero-order chi connectivity index (χ0) is 16.1. The fraction of sp³-hybridized carbons (Fsp3) is 0.0556. The normalized spacial score (nSPS) is 10.3. The number of carbonyl (C=O) groups excluding carboxylic acids is 1. The van der Waals surface area contributed by atoms with Crippen molar-refractivity contribution in [2.45, 2.75) is 6.54 Å². The van der Waals surface area contributed by atoms with Crippen molar-refractivity contribution >= 4 is 21.8 Å². The lowest BCUT2D eigenvalue weighted by molar-refractivity contribution is 0.0950. The molecule has 3 aromatic rings. The Bertz CT molecular complexity index is 821. The SMILES string of the molecule is O=C(NCc1cc(-c2ccccc2)ncn1)c1cccc(Br)c1. The smallest absolute Gasteiger partial charge is 0.251 e. The minimum atomic E-state index is -0.133. The predicted molar refractivity (Wildman–Crippen MR) is 92.8 cm³/mol. The molecule has 0 aliphatic rings. The molecule has 1 heterocycles. The molecular weight excluding hydrogens is 354 g/mol. The van der Waals surface area contributed by atoms with E-state index in [0.717, 1.165) is 21.4 Å². The van der Waals surface area contributed by atoms with Gasteiger partial charge in [0.25, 0.3) is 5.91 Å². The summed E-state index contributed by atoms with van der Waals surface area (Å²) in [5.41, 5.74) is 3.24. The molecule has 0 aliphatic carbocycles. The molecule has 0 aliphatic heterocycles. The summed E-state index contributed by atoms with van der Waals surface area (Å²) >= 11 is 3.36. The molecule has 0 atom stereocenters. The zero-order valence-corrected chi connectivity index (χ0v) is 13.8. The second-order valence-electron chi connectivity index (χ2n) is 4.95. The zero-order valence-electron chi connectivity index (χ0n) is 12.2. The van der Waals surface area contributed by atoms with Crippen molar-refractivity contribution in [1.29, 1.82) is 0 Å². The standard InChI is InChI=1S/C18H14BrN3O/c19-15-8-4-7-14(9-15)18(23)20-11-16-10-17(22-12-21-16)13-5-2-1-3-6-13/h1-10,12H,11H2,(H,20,23). The first-order valence-electron chi connectivity index (χ1n) is 7.12. The summed E-state index contributed by atoms with van der Waals surface area (Å²) in [5, 5.41) is 2.87. The molecule has 0 spiro atoms. The molecular formula is C18H14BrN3O. The maximum Gasteiger partial charge on any atom is 0.251 e. The van der Waals surface area contributed by atoms with Crippen molar-refractivity contribution in [2.24, 2.45) is 0 Å². The molecule has 114 valence electrons. The number of amides is 1. The van der Waals surface area contributed by atoms with Gasteiger partial charge in [-0.25, -0.2) is 9.97 Å². The topological polar surface area (TPSA) is 54.9 Å². The number of aromatic nitrogens is 2. The van der Waals surface area contributed by atoms with Gasteiger partial charge in [0.05, 0.1) is 17.9 Å². The van der Waals surface area contributed by atoms with E-state index in [1.165, 1.54) is 6.33 Å². The van der Waals surface area contributed by atoms with Gasteiger partial charge in [-0.3, -0.25) is 4.79 Å². The van der Waals surface area contributed by atoms with E-state index in [-0.39, 0.29) is 5.91 Å². The molecule has 1 aromatic heterocycles. The highest BCUT2D eigenvalue weighted by atomic mass is 79.9. The fourth-order valence-electron chi connectivity index (χ4n) is 2.16. The lowest BCUT2D eigenvalue weighted by Crippen LogP contribution is -2.23. The predicted octanol–water partition coefficient (Wildman–Crippen LogP) is 3.84. The first-order chi connectivity index (χ1) is 11.2. The Morgan fingerprint density at radius 2 is 1.83 bits per heavy atom. The van der Waals surface area contributed by atoms with Gasteiger partial charge in [-0.2, -0.15) is 0 Å². The number of nitrogens with zero attached hydrogens (tertiary/aromatic N) is 2. The third kappa shape index (κ3) is 4.02. The lowest BCUT2D eigenvalue weighted by atomic mass is 10.1. The van der Waals surface area contributed by atoms with Gasteiger partial charge in [0, 0.05) is 15.6 Å². The van der Waals surface area contributed by atoms with E-state index in [2.05, 4.69) is 31.2 Å². The Morgan fingerprint density at radius 3 is 2.61 bits per heavy atom. The van der Waals surface area contributed by atoms with E-state index in [1.54, 1.807) is 12.1 Å². The number of rotatable bonds is 4. The van der Waals surface area contributed by atoms with Gasteiger partial charge in [-0.15, -0.1) is 0 Å². The van der Waals surface area contributed by atoms with Crippen molar-refractivity contribution < 1.29 is 4.79 Å². The molecule has 0 unspecified atom stereocenters. The quantitative estimate of drug-likeness (QED) is 0.762. The third-order valence-electron chi connectivity index (χ3n) is 3.31. The van der Waals surface area contributed by atoms with Crippen LogP contribution in [-0.2, 0) is 6.54 Å². The lowest BCUT2D eigenvalue weighted by Gasteiger charge is -2.07. The molecule has 3 rings (SSSR count). The third-order valence-corrected chi connectivity index (χ3v) is 3.80. The molecule has 0 radical (unpaired) electrons. The molecule has 2 aromatic carbocycles. The minimum absolute atomic E-state index is 0.133. The Kier molecular flexibility index (Phi) is 4.78. The van der Waals surface area contributed by atoms with E-state index in [0.29, 0.717) is 12.1 Å². The highest BCUT2D eigenvalue weighted by Gasteiger charge is 2.07. The first-order valence-corrected chi connectivity index (χ1v) is 7.92. The Hall–Kier alpha value is -2.53. The van der Waals surface area contributed by atoms with Gasteiger partial charge in [0.15, 0.2) is 0 Å². The maximum atomic E-state index is 12.1. The van der Waals surface area contributed by atoms with Gasteiger partial charge < -0.3 is 5.32 Å². The van der Waals surface area contributed by atoms with Gasteiger partial charge in [0.2, 0.25) is 0 Å². The molecule has 0 saturated heterocycles. The molecule has 0 saturated carbocycles. The highest BCUT2D eigenvalue weighted by Crippen LogP contribution is 2.16. The van der Waals surface area contributed by atoms with E-state index < -0.39 is 0 Å². The highest BCUT2D eigenvalue weighted by molar-refractivity contribution is 9.10. The van der Waals surface area contributed by atoms with Crippen LogP contribution >= 0.6 is 15.9 Å². The van der Waals surface area contributed by atoms with Crippen molar-refractivity contribution in [3.63, 3.8) is 0 Å². The van der Waals surface area contributed by atoms with Crippen LogP contribution in [0.25, 0.3) is 11.3 Å². The first kappa shape index (κ1) is 15.4. The second-order valence-corrected chi connectivity index (χ2v) is 5.87. The van der Waals surface area contributed by atoms with Gasteiger partial charge in [0.1, 0.15) is 6.33 Å². The molecule has 1 N–H and O–H groups in total. The van der Waals surface area contributed by atoms with Crippen molar-refractivity contribution in [3.8, 4) is 11.3 Å². The van der Waals surface area contributed by atoms with Crippen LogP contribution in [0.5, 0.6) is 0 Å². The van der Waals surface area contributed by atoms with Crippen LogP contribution in [0.4, 0.5) is 0 Å². The molecule has 0 bridgehead atoms. The summed E-state index contributed by atoms with van der Waals surface area (Å²) in [7, 11) is 0. The molecule has 23 heavy (non-hydrogen) atoms. The van der Waals surface area contributed by atoms with Crippen LogP contribution in [0.1, 0.15) is 16.1 Å². The van der Waals surface area contributed by atoms with E-state index in [1.807, 2.05) is 48.5 Å². The molecule has 1 amide bonds. The summed E-state index contributed by atoms with van der Waals surface area (Å²) in [6.45, 7) is 0.355. The summed E-state index contributed by atoms with van der Waals surface area (Å²) in [5.74, 6) is -0.133. The number of hydrogen-bond donors (Lipinski definition) is 1. The summed E-state index contributed by atoms with van der Waals surface area (Å²) < 4.78 is 0.874. The number of carbonyl (C=O) groups is 1. The average molecular weight is 368 g/mol. The van der Waals surface area contributed by atoms with Gasteiger partial charge in [-0.1, -0.05) is 52.3 Å². The fourth-order valence-corrected chi connectivity index (χ4v) is 2.56. The van der Waals surface area contributed by atoms with Crippen LogP contribution in [0, 0.1) is 0 Å². The van der Waals surface area contributed by atoms with Gasteiger partial charge >= 0.3 is 0 Å². The average Bonchev–Trinajstić information content (AvgIpc) is 2.61. The maximum absolute atomic E-state index is 12.1. The second kappa shape index (κ2) is 7.15. The van der Waals surface area contributed by atoms with Crippen LogP contribution < -0.4 is 5.32 Å². The van der Waals surface area contributed by atoms with E-state index in [9.17, 15) is 4.79 Å². The summed E-state index contributed by atoms with van der Waals surface area (Å²) in [6, 6.07) is 19.0. The van der Waals surface area contributed by atoms with Crippen LogP contribution in [0.15, 0.2) is 71.5 Å². The Labute approximate surface area is 142 Å². The van der Waals surface area contributed by atoms with Gasteiger partial charge in [-0.05, 0) is 24.3 Å². The Balaban J connectivity index is 1.70. The van der Waals surface area contributed by atoms with Crippen molar-refractivity contribution in [1.82, 2.24) is 15.3 Å². The Morgan fingerprint density at radius 1 is 1.00 bits per heavy atom. The molecule has 0 fully saturated rings. The van der Waals surface area contributed by atoms with Crippen molar-refractivity contribution in [2.75, 3.05) is 0 Å². The number of benzene rings is 2. The van der Waals surface area contributed by atoms with E-state index in [4.69, 9.17) is 0 Å². The molecule has 5 heteroatoms. The monoisotopic (exact) mass is 367 g/mol. The van der Waals surface area contributed by atoms with Crippen molar-refractivity contribution in [3.05, 3.63) is 82.7 Å². The minimum Gasteiger partial charge on any atom is -0.346 e.